The van der Waals surface area contributed by atoms with Crippen molar-refractivity contribution in [3.63, 3.8) is 0 Å². The molecule has 0 radical (unpaired) electrons. The van der Waals surface area contributed by atoms with Gasteiger partial charge in [-0.15, -0.1) is 0 Å². The van der Waals surface area contributed by atoms with Gasteiger partial charge in [-0.1, -0.05) is 18.0 Å². The van der Waals surface area contributed by atoms with Crippen molar-refractivity contribution in [2.45, 2.75) is 75.2 Å². The molecule has 0 spiro atoms. The molecule has 2 aromatic rings. The third kappa shape index (κ3) is 3.64. The average Bonchev–Trinajstić information content (AvgIpc) is 2.91. The summed E-state index contributed by atoms with van der Waals surface area (Å²) >= 11 is 6.38. The van der Waals surface area contributed by atoms with Crippen molar-refractivity contribution in [1.29, 1.82) is 0 Å². The molecule has 0 aromatic carbocycles. The lowest BCUT2D eigenvalue weighted by molar-refractivity contribution is -0.126. The molecule has 0 aliphatic heterocycles. The molecular formula is C21H24ClF2NO2. The van der Waals surface area contributed by atoms with Crippen LogP contribution in [0.3, 0.4) is 0 Å². The van der Waals surface area contributed by atoms with E-state index in [1.807, 2.05) is 22.7 Å². The van der Waals surface area contributed by atoms with Crippen LogP contribution in [-0.4, -0.2) is 26.8 Å². The molecule has 4 rings (SSSR count). The van der Waals surface area contributed by atoms with E-state index in [-0.39, 0.29) is 31.5 Å². The number of nitrogens with zero attached hydrogens (tertiary/aromatic N) is 1. The number of Topliss-reactive ketones (excluding diaryl/α,β-unsaturated/α-hetero) is 1. The van der Waals surface area contributed by atoms with Crippen LogP contribution in [0.15, 0.2) is 24.4 Å². The summed E-state index contributed by atoms with van der Waals surface area (Å²) in [6, 6.07) is 5.53. The fraction of sp³-hybridized carbons (Fsp3) is 0.571. The molecule has 6 heteroatoms. The molecule has 2 aliphatic carbocycles. The van der Waals surface area contributed by atoms with E-state index in [0.29, 0.717) is 28.4 Å². The Labute approximate surface area is 162 Å². The van der Waals surface area contributed by atoms with E-state index in [2.05, 4.69) is 0 Å². The molecule has 2 aliphatic rings. The minimum absolute atomic E-state index is 0.0432. The summed E-state index contributed by atoms with van der Waals surface area (Å²) in [4.78, 5) is 12.9. The highest BCUT2D eigenvalue weighted by atomic mass is 35.5. The Hall–Kier alpha value is -1.46. The zero-order valence-electron chi connectivity index (χ0n) is 15.2. The number of aromatic nitrogens is 1. The number of pyridine rings is 1. The first kappa shape index (κ1) is 18.9. The van der Waals surface area contributed by atoms with E-state index in [1.165, 1.54) is 6.42 Å². The van der Waals surface area contributed by atoms with Crippen LogP contribution in [0.25, 0.3) is 5.52 Å². The van der Waals surface area contributed by atoms with Crippen molar-refractivity contribution < 1.29 is 18.7 Å². The van der Waals surface area contributed by atoms with Crippen molar-refractivity contribution in [2.24, 2.45) is 0 Å². The maximum atomic E-state index is 13.7. The number of carbonyl (C=O) groups is 1. The zero-order chi connectivity index (χ0) is 19.2. The van der Waals surface area contributed by atoms with E-state index in [0.717, 1.165) is 18.5 Å². The Morgan fingerprint density at radius 1 is 1.30 bits per heavy atom. The van der Waals surface area contributed by atoms with Crippen LogP contribution < -0.4 is 0 Å². The average molecular weight is 396 g/mol. The van der Waals surface area contributed by atoms with Gasteiger partial charge in [0.15, 0.2) is 5.78 Å². The molecule has 1 N–H and O–H groups in total. The van der Waals surface area contributed by atoms with Gasteiger partial charge in [-0.3, -0.25) is 4.79 Å². The SMILES string of the molecule is O=C(CCC1(O)CCCC(F)(F)C1)c1cc(C2CCC2)n2cccc(Cl)c12. The molecule has 0 bridgehead atoms. The standard InChI is InChI=1S/C21H24ClF2NO2/c22-16-6-2-11-25-17(14-4-1-5-14)12-15(19(16)25)18(26)7-10-20(27)8-3-9-21(23,24)13-20/h2,6,11-12,14,27H,1,3-5,7-10,13H2. The minimum Gasteiger partial charge on any atom is -0.390 e. The number of rotatable bonds is 5. The van der Waals surface area contributed by atoms with Gasteiger partial charge in [-0.25, -0.2) is 8.78 Å². The largest absolute Gasteiger partial charge is 0.390 e. The predicted octanol–water partition coefficient (Wildman–Crippen LogP) is 5.76. The Kier molecular flexibility index (Phi) is 4.79. The Morgan fingerprint density at radius 2 is 2.07 bits per heavy atom. The summed E-state index contributed by atoms with van der Waals surface area (Å²) < 4.78 is 29.3. The highest BCUT2D eigenvalue weighted by Crippen LogP contribution is 2.42. The first-order valence-electron chi connectivity index (χ1n) is 9.71. The van der Waals surface area contributed by atoms with Gasteiger partial charge in [-0.2, -0.15) is 0 Å². The van der Waals surface area contributed by atoms with Crippen LogP contribution in [0.4, 0.5) is 8.78 Å². The molecule has 27 heavy (non-hydrogen) atoms. The lowest BCUT2D eigenvalue weighted by Crippen LogP contribution is -2.41. The topological polar surface area (TPSA) is 41.7 Å². The summed E-state index contributed by atoms with van der Waals surface area (Å²) in [5.74, 6) is -2.56. The van der Waals surface area contributed by atoms with Crippen LogP contribution in [0.5, 0.6) is 0 Å². The van der Waals surface area contributed by atoms with Crippen molar-refractivity contribution in [3.8, 4) is 0 Å². The second-order valence-corrected chi connectivity index (χ2v) is 8.63. The fourth-order valence-electron chi connectivity index (χ4n) is 4.50. The Bertz CT molecular complexity index is 874. The summed E-state index contributed by atoms with van der Waals surface area (Å²) in [5, 5.41) is 11.1. The molecule has 0 saturated heterocycles. The number of halogens is 3. The van der Waals surface area contributed by atoms with Gasteiger partial charge < -0.3 is 9.51 Å². The van der Waals surface area contributed by atoms with Crippen molar-refractivity contribution in [1.82, 2.24) is 4.40 Å². The third-order valence-corrected chi connectivity index (χ3v) is 6.49. The summed E-state index contributed by atoms with van der Waals surface area (Å²) in [7, 11) is 0. The monoisotopic (exact) mass is 395 g/mol. The number of fused-ring (bicyclic) bond motifs is 1. The van der Waals surface area contributed by atoms with Gasteiger partial charge in [0.25, 0.3) is 5.92 Å². The maximum absolute atomic E-state index is 13.7. The van der Waals surface area contributed by atoms with Gasteiger partial charge in [0.2, 0.25) is 0 Å². The quantitative estimate of drug-likeness (QED) is 0.653. The van der Waals surface area contributed by atoms with E-state index in [1.54, 1.807) is 6.07 Å². The molecule has 2 fully saturated rings. The molecule has 146 valence electrons. The highest BCUT2D eigenvalue weighted by Gasteiger charge is 2.44. The molecule has 1 atom stereocenters. The van der Waals surface area contributed by atoms with Crippen LogP contribution in [0.2, 0.25) is 5.02 Å². The normalized spacial score (nSPS) is 25.5. The number of hydrogen-bond donors (Lipinski definition) is 1. The van der Waals surface area contributed by atoms with Crippen molar-refractivity contribution in [2.75, 3.05) is 0 Å². The van der Waals surface area contributed by atoms with Crippen LogP contribution in [0.1, 0.15) is 79.8 Å². The molecular weight excluding hydrogens is 372 g/mol. The van der Waals surface area contributed by atoms with Gasteiger partial charge in [0.05, 0.1) is 16.1 Å². The second-order valence-electron chi connectivity index (χ2n) is 8.22. The molecule has 0 amide bonds. The minimum atomic E-state index is -2.85. The second kappa shape index (κ2) is 6.85. The number of hydrogen-bond acceptors (Lipinski definition) is 2. The lowest BCUT2D eigenvalue weighted by Gasteiger charge is -2.36. The molecule has 2 saturated carbocycles. The molecule has 2 aromatic heterocycles. The smallest absolute Gasteiger partial charge is 0.250 e. The van der Waals surface area contributed by atoms with Gasteiger partial charge in [0, 0.05) is 36.7 Å². The zero-order valence-corrected chi connectivity index (χ0v) is 15.9. The Morgan fingerprint density at radius 3 is 2.74 bits per heavy atom. The van der Waals surface area contributed by atoms with Gasteiger partial charge in [0.1, 0.15) is 0 Å². The number of alkyl halides is 2. The molecule has 3 nitrogen and oxygen atoms in total. The number of aliphatic hydroxyl groups is 1. The number of ketones is 1. The van der Waals surface area contributed by atoms with Crippen molar-refractivity contribution >= 4 is 22.9 Å². The summed E-state index contributed by atoms with van der Waals surface area (Å²) in [5.41, 5.74) is 0.846. The maximum Gasteiger partial charge on any atom is 0.250 e. The Balaban J connectivity index is 1.58. The van der Waals surface area contributed by atoms with Crippen molar-refractivity contribution in [3.05, 3.63) is 40.7 Å². The summed E-state index contributed by atoms with van der Waals surface area (Å²) in [6.07, 6.45) is 5.26. The first-order chi connectivity index (χ1) is 12.8. The number of carbonyl (C=O) groups excluding carboxylic acids is 1. The lowest BCUT2D eigenvalue weighted by atomic mass is 9.79. The fourth-order valence-corrected chi connectivity index (χ4v) is 4.77. The highest BCUT2D eigenvalue weighted by molar-refractivity contribution is 6.35. The van der Waals surface area contributed by atoms with Crippen LogP contribution >= 0.6 is 11.6 Å². The summed E-state index contributed by atoms with van der Waals surface area (Å²) in [6.45, 7) is 0. The molecule has 1 unspecified atom stereocenters. The van der Waals surface area contributed by atoms with E-state index in [4.69, 9.17) is 11.6 Å². The van der Waals surface area contributed by atoms with E-state index >= 15 is 0 Å². The molecule has 2 heterocycles. The van der Waals surface area contributed by atoms with E-state index in [9.17, 15) is 18.7 Å². The predicted molar refractivity (Wildman–Crippen MR) is 101 cm³/mol. The van der Waals surface area contributed by atoms with E-state index < -0.39 is 17.9 Å². The van der Waals surface area contributed by atoms with Gasteiger partial charge in [-0.05, 0) is 56.2 Å². The first-order valence-corrected chi connectivity index (χ1v) is 10.1. The van der Waals surface area contributed by atoms with Crippen LogP contribution in [-0.2, 0) is 0 Å². The van der Waals surface area contributed by atoms with Gasteiger partial charge >= 0.3 is 0 Å². The van der Waals surface area contributed by atoms with Crippen LogP contribution in [0, 0.1) is 0 Å². The third-order valence-electron chi connectivity index (χ3n) is 6.18.